The second-order valence-electron chi connectivity index (χ2n) is 3.75. The highest BCUT2D eigenvalue weighted by Gasteiger charge is 2.27. The fourth-order valence-corrected chi connectivity index (χ4v) is 0.970. The fourth-order valence-electron chi connectivity index (χ4n) is 0.970. The molecular weight excluding hydrogens is 176 g/mol. The largest absolute Gasteiger partial charge is 0.341 e. The van der Waals surface area contributed by atoms with Gasteiger partial charge in [0.25, 0.3) is 0 Å². The van der Waals surface area contributed by atoms with Crippen LogP contribution in [0.5, 0.6) is 0 Å². The van der Waals surface area contributed by atoms with Gasteiger partial charge in [-0.05, 0) is 19.8 Å². The van der Waals surface area contributed by atoms with Gasteiger partial charge in [0.2, 0.25) is 5.91 Å². The summed E-state index contributed by atoms with van der Waals surface area (Å²) in [5.41, 5.74) is 4.96. The van der Waals surface area contributed by atoms with E-state index in [1.165, 1.54) is 0 Å². The minimum atomic E-state index is -0.817. The lowest BCUT2D eigenvalue weighted by molar-refractivity contribution is -0.126. The average molecular weight is 196 g/mol. The molecule has 3 N–H and O–H groups in total. The maximum absolute atomic E-state index is 11.6. The molecule has 0 aromatic heterocycles. The zero-order valence-corrected chi connectivity index (χ0v) is 9.26. The number of nitrogens with two attached hydrogens (primary N) is 1. The molecule has 0 bridgehead atoms. The Morgan fingerprint density at radius 1 is 1.64 bits per heavy atom. The van der Waals surface area contributed by atoms with Crippen molar-refractivity contribution in [2.45, 2.75) is 51.6 Å². The second-order valence-corrected chi connectivity index (χ2v) is 3.75. The molecule has 0 spiro atoms. The molecule has 0 saturated heterocycles. The van der Waals surface area contributed by atoms with E-state index in [1.54, 1.807) is 6.92 Å². The molecule has 0 saturated carbocycles. The van der Waals surface area contributed by atoms with Gasteiger partial charge in [-0.1, -0.05) is 26.2 Å². The van der Waals surface area contributed by atoms with Crippen LogP contribution in [0.25, 0.3) is 0 Å². The number of nitrogens with one attached hydrogen (secondary N) is 1. The summed E-state index contributed by atoms with van der Waals surface area (Å²) < 4.78 is 0. The van der Waals surface area contributed by atoms with E-state index in [0.717, 1.165) is 12.8 Å². The third-order valence-electron chi connectivity index (χ3n) is 2.34. The second kappa shape index (κ2) is 5.66. The summed E-state index contributed by atoms with van der Waals surface area (Å²) in [5.74, 6) is 2.37. The maximum Gasteiger partial charge on any atom is 0.240 e. The molecule has 0 fully saturated rings. The van der Waals surface area contributed by atoms with Crippen LogP contribution in [-0.2, 0) is 4.79 Å². The van der Waals surface area contributed by atoms with Crippen LogP contribution in [-0.4, -0.2) is 17.5 Å². The van der Waals surface area contributed by atoms with Gasteiger partial charge in [0, 0.05) is 0 Å². The molecular formula is C11H20N2O. The highest BCUT2D eigenvalue weighted by Crippen LogP contribution is 2.06. The van der Waals surface area contributed by atoms with Crippen LogP contribution in [0.1, 0.15) is 40.0 Å². The zero-order chi connectivity index (χ0) is 11.2. The Labute approximate surface area is 86.4 Å². The SMILES string of the molecule is C#CC(CCC)NC(=O)C(C)(N)CC. The van der Waals surface area contributed by atoms with Gasteiger partial charge in [-0.3, -0.25) is 4.79 Å². The maximum atomic E-state index is 11.6. The van der Waals surface area contributed by atoms with Crippen LogP contribution in [0.4, 0.5) is 0 Å². The Morgan fingerprint density at radius 3 is 2.57 bits per heavy atom. The molecule has 0 aliphatic heterocycles. The summed E-state index contributed by atoms with van der Waals surface area (Å²) in [7, 11) is 0. The van der Waals surface area contributed by atoms with Crippen LogP contribution in [0.2, 0.25) is 0 Å². The van der Waals surface area contributed by atoms with Gasteiger partial charge in [0.15, 0.2) is 0 Å². The fraction of sp³-hybridized carbons (Fsp3) is 0.727. The van der Waals surface area contributed by atoms with Crippen molar-refractivity contribution >= 4 is 5.91 Å². The lowest BCUT2D eigenvalue weighted by Gasteiger charge is -2.23. The molecule has 2 unspecified atom stereocenters. The first-order valence-corrected chi connectivity index (χ1v) is 5.03. The van der Waals surface area contributed by atoms with E-state index in [1.807, 2.05) is 13.8 Å². The number of carbonyl (C=O) groups excluding carboxylic acids is 1. The molecule has 0 aromatic rings. The highest BCUT2D eigenvalue weighted by molar-refractivity contribution is 5.86. The summed E-state index contributed by atoms with van der Waals surface area (Å²) in [5, 5.41) is 2.76. The van der Waals surface area contributed by atoms with Crippen molar-refractivity contribution < 1.29 is 4.79 Å². The van der Waals surface area contributed by atoms with Crippen molar-refractivity contribution in [1.29, 1.82) is 0 Å². The molecule has 0 aliphatic rings. The van der Waals surface area contributed by atoms with E-state index in [2.05, 4.69) is 11.2 Å². The third kappa shape index (κ3) is 3.80. The van der Waals surface area contributed by atoms with Gasteiger partial charge < -0.3 is 11.1 Å². The summed E-state index contributed by atoms with van der Waals surface area (Å²) >= 11 is 0. The van der Waals surface area contributed by atoms with Gasteiger partial charge in [-0.15, -0.1) is 6.42 Å². The smallest absolute Gasteiger partial charge is 0.240 e. The zero-order valence-electron chi connectivity index (χ0n) is 9.26. The Bertz CT molecular complexity index is 228. The molecule has 0 radical (unpaired) electrons. The first-order valence-electron chi connectivity index (χ1n) is 5.03. The van der Waals surface area contributed by atoms with Crippen molar-refractivity contribution in [2.75, 3.05) is 0 Å². The quantitative estimate of drug-likeness (QED) is 0.645. The topological polar surface area (TPSA) is 55.1 Å². The first kappa shape index (κ1) is 13.0. The van der Waals surface area contributed by atoms with Gasteiger partial charge in [-0.2, -0.15) is 0 Å². The number of amides is 1. The van der Waals surface area contributed by atoms with E-state index in [-0.39, 0.29) is 11.9 Å². The number of rotatable bonds is 5. The van der Waals surface area contributed by atoms with Gasteiger partial charge in [-0.25, -0.2) is 0 Å². The first-order chi connectivity index (χ1) is 6.47. The van der Waals surface area contributed by atoms with Gasteiger partial charge in [0.1, 0.15) is 0 Å². The summed E-state index contributed by atoms with van der Waals surface area (Å²) in [6, 6.07) is -0.193. The van der Waals surface area contributed by atoms with E-state index < -0.39 is 5.54 Å². The molecule has 2 atom stereocenters. The van der Waals surface area contributed by atoms with E-state index >= 15 is 0 Å². The standard InChI is InChI=1S/C11H20N2O/c1-5-8-9(6-2)13-10(14)11(4,12)7-3/h2,9H,5,7-8,12H2,1,3-4H3,(H,13,14). The predicted molar refractivity (Wildman–Crippen MR) is 58.6 cm³/mol. The monoisotopic (exact) mass is 196 g/mol. The summed E-state index contributed by atoms with van der Waals surface area (Å²) in [6.45, 7) is 5.62. The van der Waals surface area contributed by atoms with Crippen molar-refractivity contribution in [3.63, 3.8) is 0 Å². The van der Waals surface area contributed by atoms with Crippen molar-refractivity contribution in [3.05, 3.63) is 0 Å². The molecule has 80 valence electrons. The summed E-state index contributed by atoms with van der Waals surface area (Å²) in [4.78, 5) is 11.6. The number of hydrogen-bond donors (Lipinski definition) is 2. The number of hydrogen-bond acceptors (Lipinski definition) is 2. The average Bonchev–Trinajstić information content (AvgIpc) is 2.16. The number of terminal acetylenes is 1. The molecule has 3 heteroatoms. The van der Waals surface area contributed by atoms with Crippen LogP contribution in [0, 0.1) is 12.3 Å². The molecule has 0 aliphatic carbocycles. The van der Waals surface area contributed by atoms with Gasteiger partial charge >= 0.3 is 0 Å². The van der Waals surface area contributed by atoms with E-state index in [0.29, 0.717) is 6.42 Å². The number of carbonyl (C=O) groups is 1. The van der Waals surface area contributed by atoms with E-state index in [9.17, 15) is 4.79 Å². The molecule has 0 rings (SSSR count). The Morgan fingerprint density at radius 2 is 2.21 bits per heavy atom. The highest BCUT2D eigenvalue weighted by atomic mass is 16.2. The van der Waals surface area contributed by atoms with Crippen molar-refractivity contribution in [1.82, 2.24) is 5.32 Å². The van der Waals surface area contributed by atoms with E-state index in [4.69, 9.17) is 12.2 Å². The van der Waals surface area contributed by atoms with Crippen LogP contribution in [0.3, 0.4) is 0 Å². The molecule has 3 nitrogen and oxygen atoms in total. The predicted octanol–water partition coefficient (Wildman–Crippen LogP) is 1.03. The molecule has 0 aromatic carbocycles. The minimum absolute atomic E-state index is 0.170. The summed E-state index contributed by atoms with van der Waals surface area (Å²) in [6.07, 6.45) is 7.63. The molecule has 0 heterocycles. The Hall–Kier alpha value is -1.01. The van der Waals surface area contributed by atoms with Crippen LogP contribution < -0.4 is 11.1 Å². The van der Waals surface area contributed by atoms with Crippen LogP contribution >= 0.6 is 0 Å². The Balaban J connectivity index is 4.24. The van der Waals surface area contributed by atoms with Gasteiger partial charge in [0.05, 0.1) is 11.6 Å². The Kier molecular flexibility index (Phi) is 5.26. The lowest BCUT2D eigenvalue weighted by atomic mass is 9.98. The molecule has 1 amide bonds. The van der Waals surface area contributed by atoms with Crippen LogP contribution in [0.15, 0.2) is 0 Å². The van der Waals surface area contributed by atoms with Crippen molar-refractivity contribution in [3.8, 4) is 12.3 Å². The third-order valence-corrected chi connectivity index (χ3v) is 2.34. The molecule has 14 heavy (non-hydrogen) atoms. The lowest BCUT2D eigenvalue weighted by Crippen LogP contribution is -2.53. The minimum Gasteiger partial charge on any atom is -0.341 e. The van der Waals surface area contributed by atoms with Crippen molar-refractivity contribution in [2.24, 2.45) is 5.73 Å². The normalized spacial score (nSPS) is 16.5.